The van der Waals surface area contributed by atoms with Crippen molar-refractivity contribution in [3.8, 4) is 0 Å². The molecule has 36 heavy (non-hydrogen) atoms. The van der Waals surface area contributed by atoms with Gasteiger partial charge in [-0.25, -0.2) is 4.98 Å². The lowest BCUT2D eigenvalue weighted by Gasteiger charge is -2.29. The summed E-state index contributed by atoms with van der Waals surface area (Å²) in [6.45, 7) is 1.31. The molecular formula is C22H21ClF3N7O3. The fourth-order valence-electron chi connectivity index (χ4n) is 4.50. The number of nitrogens with one attached hydrogen (secondary N) is 1. The second kappa shape index (κ2) is 9.22. The van der Waals surface area contributed by atoms with E-state index in [2.05, 4.69) is 15.4 Å². The maximum Gasteiger partial charge on any atom is 0.416 e. The molecule has 0 radical (unpaired) electrons. The standard InChI is InChI=1S/C22H21ClF3N7O3/c23-17-16(9-29-33(20(17)35)21-28-6-8-36-21)31-7-5-15-14(11-31)30-19(18(27)34)32(15)10-12-3-1-2-4-13(12)22(24,25)26/h1-4,9,21,28H,5-8,10-11H2,(H2,27,34). The Morgan fingerprint density at radius 3 is 2.78 bits per heavy atom. The number of aromatic nitrogens is 4. The van der Waals surface area contributed by atoms with Crippen molar-refractivity contribution in [3.63, 3.8) is 0 Å². The summed E-state index contributed by atoms with van der Waals surface area (Å²) in [5.41, 5.74) is 5.61. The van der Waals surface area contributed by atoms with E-state index >= 15 is 0 Å². The van der Waals surface area contributed by atoms with Crippen LogP contribution in [0, 0.1) is 0 Å². The van der Waals surface area contributed by atoms with Crippen molar-refractivity contribution in [1.29, 1.82) is 0 Å². The van der Waals surface area contributed by atoms with E-state index in [0.717, 1.165) is 10.7 Å². The molecule has 1 unspecified atom stereocenters. The first kappa shape index (κ1) is 24.3. The molecule has 0 spiro atoms. The highest BCUT2D eigenvalue weighted by Gasteiger charge is 2.34. The molecule has 0 bridgehead atoms. The van der Waals surface area contributed by atoms with Gasteiger partial charge in [-0.05, 0) is 11.6 Å². The number of amides is 1. The number of primary amides is 1. The average molecular weight is 524 g/mol. The normalized spacial score (nSPS) is 17.9. The van der Waals surface area contributed by atoms with E-state index in [0.29, 0.717) is 43.2 Å². The van der Waals surface area contributed by atoms with Crippen molar-refractivity contribution in [1.82, 2.24) is 24.6 Å². The molecule has 1 amide bonds. The van der Waals surface area contributed by atoms with E-state index < -0.39 is 29.6 Å². The lowest BCUT2D eigenvalue weighted by Crippen LogP contribution is -2.37. The number of rotatable bonds is 5. The number of nitrogens with two attached hydrogens (primary N) is 1. The van der Waals surface area contributed by atoms with Gasteiger partial charge in [-0.3, -0.25) is 14.9 Å². The van der Waals surface area contributed by atoms with Crippen LogP contribution >= 0.6 is 11.6 Å². The molecule has 4 heterocycles. The molecule has 3 N–H and O–H groups in total. The number of alkyl halides is 3. The summed E-state index contributed by atoms with van der Waals surface area (Å²) in [4.78, 5) is 31.0. The Balaban J connectivity index is 1.47. The topological polar surface area (TPSA) is 120 Å². The van der Waals surface area contributed by atoms with Gasteiger partial charge in [0.25, 0.3) is 11.5 Å². The molecule has 1 fully saturated rings. The minimum atomic E-state index is -4.55. The predicted molar refractivity (Wildman–Crippen MR) is 123 cm³/mol. The number of nitrogens with zero attached hydrogens (tertiary/aromatic N) is 5. The fourth-order valence-corrected chi connectivity index (χ4v) is 4.76. The number of hydrogen-bond acceptors (Lipinski definition) is 7. The third-order valence-electron chi connectivity index (χ3n) is 6.17. The number of ether oxygens (including phenoxy) is 1. The molecule has 10 nitrogen and oxygen atoms in total. The van der Waals surface area contributed by atoms with Gasteiger partial charge in [0.15, 0.2) is 5.82 Å². The number of carbonyl (C=O) groups excluding carboxylic acids is 1. The monoisotopic (exact) mass is 523 g/mol. The number of imidazole rings is 1. The van der Waals surface area contributed by atoms with Crippen LogP contribution in [0.15, 0.2) is 35.3 Å². The van der Waals surface area contributed by atoms with Gasteiger partial charge >= 0.3 is 6.18 Å². The van der Waals surface area contributed by atoms with E-state index in [4.69, 9.17) is 22.1 Å². The lowest BCUT2D eigenvalue weighted by molar-refractivity contribution is -0.138. The Labute approximate surface area is 207 Å². The zero-order valence-electron chi connectivity index (χ0n) is 18.8. The largest absolute Gasteiger partial charge is 0.416 e. The molecule has 0 saturated carbocycles. The Hall–Kier alpha value is -3.42. The number of hydrogen-bond donors (Lipinski definition) is 2. The number of halogens is 4. The second-order valence-electron chi connectivity index (χ2n) is 8.38. The van der Waals surface area contributed by atoms with Crippen molar-refractivity contribution >= 4 is 23.2 Å². The van der Waals surface area contributed by atoms with Crippen LogP contribution in [0.2, 0.25) is 5.02 Å². The van der Waals surface area contributed by atoms with Gasteiger partial charge < -0.3 is 19.9 Å². The van der Waals surface area contributed by atoms with Gasteiger partial charge in [0.2, 0.25) is 6.35 Å². The Morgan fingerprint density at radius 1 is 1.31 bits per heavy atom. The first-order chi connectivity index (χ1) is 17.1. The minimum Gasteiger partial charge on any atom is -0.363 e. The van der Waals surface area contributed by atoms with Crippen molar-refractivity contribution in [3.05, 3.63) is 74.2 Å². The summed E-state index contributed by atoms with van der Waals surface area (Å²) < 4.78 is 48.6. The summed E-state index contributed by atoms with van der Waals surface area (Å²) in [5.74, 6) is -0.991. The summed E-state index contributed by atoms with van der Waals surface area (Å²) >= 11 is 6.39. The third kappa shape index (κ3) is 4.33. The van der Waals surface area contributed by atoms with E-state index in [-0.39, 0.29) is 29.5 Å². The third-order valence-corrected chi connectivity index (χ3v) is 6.53. The predicted octanol–water partition coefficient (Wildman–Crippen LogP) is 1.90. The molecule has 0 aliphatic carbocycles. The summed E-state index contributed by atoms with van der Waals surface area (Å²) in [5, 5.41) is 7.10. The highest BCUT2D eigenvalue weighted by molar-refractivity contribution is 6.33. The van der Waals surface area contributed by atoms with E-state index in [1.807, 2.05) is 0 Å². The summed E-state index contributed by atoms with van der Waals surface area (Å²) in [6.07, 6.45) is -3.48. The summed E-state index contributed by atoms with van der Waals surface area (Å²) in [7, 11) is 0. The van der Waals surface area contributed by atoms with Crippen molar-refractivity contribution < 1.29 is 22.7 Å². The minimum absolute atomic E-state index is 0.00581. The molecule has 14 heteroatoms. The van der Waals surface area contributed by atoms with Gasteiger partial charge in [-0.15, -0.1) is 0 Å². The fraction of sp³-hybridized carbons (Fsp3) is 0.364. The van der Waals surface area contributed by atoms with Crippen LogP contribution < -0.4 is 21.5 Å². The van der Waals surface area contributed by atoms with Gasteiger partial charge in [-0.2, -0.15) is 23.0 Å². The molecule has 190 valence electrons. The Morgan fingerprint density at radius 2 is 2.08 bits per heavy atom. The number of carbonyl (C=O) groups is 1. The van der Waals surface area contributed by atoms with E-state index in [9.17, 15) is 22.8 Å². The number of benzene rings is 1. The highest BCUT2D eigenvalue weighted by atomic mass is 35.5. The van der Waals surface area contributed by atoms with E-state index in [1.54, 1.807) is 4.90 Å². The molecular weight excluding hydrogens is 503 g/mol. The van der Waals surface area contributed by atoms with Crippen LogP contribution in [0.4, 0.5) is 18.9 Å². The smallest absolute Gasteiger partial charge is 0.363 e. The first-order valence-corrected chi connectivity index (χ1v) is 11.4. The number of fused-ring (bicyclic) bond motifs is 1. The van der Waals surface area contributed by atoms with Gasteiger partial charge in [0, 0.05) is 25.2 Å². The van der Waals surface area contributed by atoms with Gasteiger partial charge in [0.05, 0.1) is 42.8 Å². The molecule has 1 saturated heterocycles. The lowest BCUT2D eigenvalue weighted by atomic mass is 10.1. The molecule has 2 aliphatic heterocycles. The van der Waals surface area contributed by atoms with Crippen molar-refractivity contribution in [2.45, 2.75) is 32.0 Å². The van der Waals surface area contributed by atoms with Gasteiger partial charge in [0.1, 0.15) is 5.02 Å². The maximum atomic E-state index is 13.5. The quantitative estimate of drug-likeness (QED) is 0.524. The van der Waals surface area contributed by atoms with Gasteiger partial charge in [-0.1, -0.05) is 29.8 Å². The van der Waals surface area contributed by atoms with Crippen LogP contribution in [-0.2, 0) is 30.4 Å². The molecule has 5 rings (SSSR count). The summed E-state index contributed by atoms with van der Waals surface area (Å²) in [6, 6.07) is 5.16. The van der Waals surface area contributed by atoms with Crippen LogP contribution in [0.1, 0.15) is 39.5 Å². The Bertz CT molecular complexity index is 1380. The second-order valence-corrected chi connectivity index (χ2v) is 8.75. The van der Waals surface area contributed by atoms with Crippen LogP contribution in [0.3, 0.4) is 0 Å². The van der Waals surface area contributed by atoms with Crippen molar-refractivity contribution in [2.24, 2.45) is 5.73 Å². The molecule has 1 aromatic carbocycles. The van der Waals surface area contributed by atoms with Crippen LogP contribution in [-0.4, -0.2) is 44.9 Å². The molecule has 1 atom stereocenters. The molecule has 3 aromatic rings. The molecule has 2 aliphatic rings. The maximum absolute atomic E-state index is 13.5. The highest BCUT2D eigenvalue weighted by Crippen LogP contribution is 2.34. The average Bonchev–Trinajstić information content (AvgIpc) is 3.49. The zero-order valence-corrected chi connectivity index (χ0v) is 19.5. The number of anilines is 1. The SMILES string of the molecule is NC(=O)c1nc2c(n1Cc1ccccc1C(F)(F)F)CCN(c1cnn(C3NCCO3)c(=O)c1Cl)C2. The van der Waals surface area contributed by atoms with Crippen LogP contribution in [0.25, 0.3) is 0 Å². The van der Waals surface area contributed by atoms with Crippen molar-refractivity contribution in [2.75, 3.05) is 24.6 Å². The first-order valence-electron chi connectivity index (χ1n) is 11.1. The van der Waals surface area contributed by atoms with E-state index in [1.165, 1.54) is 29.0 Å². The zero-order chi connectivity index (χ0) is 25.6. The Kier molecular flexibility index (Phi) is 6.22. The molecule has 2 aromatic heterocycles. The van der Waals surface area contributed by atoms with Crippen LogP contribution in [0.5, 0.6) is 0 Å².